The first-order valence-corrected chi connectivity index (χ1v) is 6.22. The van der Waals surface area contributed by atoms with Gasteiger partial charge in [-0.25, -0.2) is 4.98 Å². The van der Waals surface area contributed by atoms with Gasteiger partial charge in [-0.15, -0.1) is 0 Å². The van der Waals surface area contributed by atoms with Gasteiger partial charge in [-0.3, -0.25) is 0 Å². The smallest absolute Gasteiger partial charge is 0.143 e. The Labute approximate surface area is 102 Å². The topological polar surface area (TPSA) is 45.9 Å². The van der Waals surface area contributed by atoms with Crippen LogP contribution in [-0.4, -0.2) is 11.1 Å². The summed E-state index contributed by atoms with van der Waals surface area (Å²) in [4.78, 5) is 4.09. The van der Waals surface area contributed by atoms with E-state index >= 15 is 0 Å². The lowest BCUT2D eigenvalue weighted by atomic mass is 9.89. The van der Waals surface area contributed by atoms with Crippen LogP contribution in [0.4, 0.5) is 0 Å². The van der Waals surface area contributed by atoms with Crippen LogP contribution in [0.2, 0.25) is 0 Å². The highest BCUT2D eigenvalue weighted by atomic mass is 16.5. The molecule has 1 fully saturated rings. The zero-order valence-corrected chi connectivity index (χ0v) is 10.4. The van der Waals surface area contributed by atoms with Crippen LogP contribution in [0.3, 0.4) is 0 Å². The zero-order valence-electron chi connectivity index (χ0n) is 10.4. The maximum Gasteiger partial charge on any atom is 0.143 e. The highest BCUT2D eigenvalue weighted by Crippen LogP contribution is 2.27. The number of aromatic nitrogens is 1. The van der Waals surface area contributed by atoms with E-state index in [1.807, 2.05) is 13.0 Å². The van der Waals surface area contributed by atoms with E-state index in [-0.39, 0.29) is 0 Å². The van der Waals surface area contributed by atoms with Gasteiger partial charge in [-0.2, -0.15) is 5.26 Å². The van der Waals surface area contributed by atoms with Crippen LogP contribution in [-0.2, 0) is 0 Å². The number of rotatable bonds is 2. The summed E-state index contributed by atoms with van der Waals surface area (Å²) in [5.74, 6) is 1.62. The maximum atomic E-state index is 8.81. The lowest BCUT2D eigenvalue weighted by molar-refractivity contribution is 0.135. The summed E-state index contributed by atoms with van der Waals surface area (Å²) in [5.41, 5.74) is 1.36. The quantitative estimate of drug-likeness (QED) is 0.783. The van der Waals surface area contributed by atoms with Gasteiger partial charge in [0.15, 0.2) is 0 Å². The summed E-state index contributed by atoms with van der Waals surface area (Å²) in [7, 11) is 0. The number of pyridine rings is 1. The molecule has 1 aromatic heterocycles. The van der Waals surface area contributed by atoms with Gasteiger partial charge in [-0.1, -0.05) is 6.92 Å². The third-order valence-corrected chi connectivity index (χ3v) is 3.42. The number of ether oxygens (including phenoxy) is 1. The molecule has 0 aliphatic heterocycles. The van der Waals surface area contributed by atoms with E-state index in [0.717, 1.165) is 30.1 Å². The first-order valence-electron chi connectivity index (χ1n) is 6.22. The van der Waals surface area contributed by atoms with Gasteiger partial charge in [0.25, 0.3) is 0 Å². The fraction of sp³-hybridized carbons (Fsp3) is 0.571. The molecule has 1 saturated carbocycles. The van der Waals surface area contributed by atoms with Gasteiger partial charge in [0.1, 0.15) is 17.5 Å². The van der Waals surface area contributed by atoms with Gasteiger partial charge in [0, 0.05) is 0 Å². The molecule has 3 heteroatoms. The van der Waals surface area contributed by atoms with Gasteiger partial charge >= 0.3 is 0 Å². The van der Waals surface area contributed by atoms with Crippen molar-refractivity contribution in [3.05, 3.63) is 23.5 Å². The Morgan fingerprint density at radius 2 is 2.06 bits per heavy atom. The van der Waals surface area contributed by atoms with Crippen LogP contribution in [0.15, 0.2) is 12.3 Å². The van der Waals surface area contributed by atoms with Crippen LogP contribution >= 0.6 is 0 Å². The van der Waals surface area contributed by atoms with E-state index in [2.05, 4.69) is 18.0 Å². The first-order chi connectivity index (χ1) is 8.19. The van der Waals surface area contributed by atoms with E-state index in [4.69, 9.17) is 10.00 Å². The standard InChI is InChI=1S/C14H18N2O/c1-10-3-5-12(6-4-10)17-13-7-11(2)14(8-15)16-9-13/h7,9-10,12H,3-6H2,1-2H3. The summed E-state index contributed by atoms with van der Waals surface area (Å²) in [5, 5.41) is 8.81. The summed E-state index contributed by atoms with van der Waals surface area (Å²) in [6.07, 6.45) is 6.71. The molecule has 0 bridgehead atoms. The molecular weight excluding hydrogens is 212 g/mol. The molecule has 0 radical (unpaired) electrons. The van der Waals surface area contributed by atoms with Crippen LogP contribution in [0.25, 0.3) is 0 Å². The monoisotopic (exact) mass is 230 g/mol. The van der Waals surface area contributed by atoms with Crippen molar-refractivity contribution in [1.82, 2.24) is 4.98 Å². The molecule has 0 amide bonds. The molecule has 90 valence electrons. The fourth-order valence-electron chi connectivity index (χ4n) is 2.27. The van der Waals surface area contributed by atoms with Crippen LogP contribution < -0.4 is 4.74 Å². The molecule has 3 nitrogen and oxygen atoms in total. The van der Waals surface area contributed by atoms with Crippen molar-refractivity contribution in [2.45, 2.75) is 45.6 Å². The molecule has 0 unspecified atom stereocenters. The lowest BCUT2D eigenvalue weighted by Crippen LogP contribution is -2.23. The fourth-order valence-corrected chi connectivity index (χ4v) is 2.27. The maximum absolute atomic E-state index is 8.81. The van der Waals surface area contributed by atoms with E-state index in [0.29, 0.717) is 11.8 Å². The van der Waals surface area contributed by atoms with Gasteiger partial charge in [0.2, 0.25) is 0 Å². The Kier molecular flexibility index (Phi) is 3.63. The molecular formula is C14H18N2O. The zero-order chi connectivity index (χ0) is 12.3. The second-order valence-corrected chi connectivity index (χ2v) is 4.95. The van der Waals surface area contributed by atoms with E-state index in [9.17, 15) is 0 Å². The Morgan fingerprint density at radius 1 is 1.35 bits per heavy atom. The molecule has 0 atom stereocenters. The molecule has 0 saturated heterocycles. The summed E-state index contributed by atoms with van der Waals surface area (Å²) < 4.78 is 5.91. The Morgan fingerprint density at radius 3 is 2.65 bits per heavy atom. The minimum Gasteiger partial charge on any atom is -0.489 e. The Balaban J connectivity index is 2.00. The Bertz CT molecular complexity index is 428. The van der Waals surface area contributed by atoms with Gasteiger partial charge < -0.3 is 4.74 Å². The highest BCUT2D eigenvalue weighted by Gasteiger charge is 2.19. The van der Waals surface area contributed by atoms with E-state index in [1.54, 1.807) is 6.20 Å². The Hall–Kier alpha value is -1.56. The molecule has 0 N–H and O–H groups in total. The third kappa shape index (κ3) is 2.97. The van der Waals surface area contributed by atoms with Gasteiger partial charge in [0.05, 0.1) is 12.3 Å². The molecule has 0 aromatic carbocycles. The van der Waals surface area contributed by atoms with Crippen molar-refractivity contribution >= 4 is 0 Å². The van der Waals surface area contributed by atoms with E-state index in [1.165, 1.54) is 12.8 Å². The third-order valence-electron chi connectivity index (χ3n) is 3.42. The van der Waals surface area contributed by atoms with Crippen molar-refractivity contribution in [3.8, 4) is 11.8 Å². The highest BCUT2D eigenvalue weighted by molar-refractivity contribution is 5.35. The first kappa shape index (κ1) is 11.9. The lowest BCUT2D eigenvalue weighted by Gasteiger charge is -2.26. The molecule has 1 aliphatic carbocycles. The molecule has 17 heavy (non-hydrogen) atoms. The van der Waals surface area contributed by atoms with E-state index < -0.39 is 0 Å². The second kappa shape index (κ2) is 5.18. The normalized spacial score (nSPS) is 24.1. The minimum atomic E-state index is 0.320. The predicted molar refractivity (Wildman–Crippen MR) is 65.7 cm³/mol. The number of hydrogen-bond donors (Lipinski definition) is 0. The minimum absolute atomic E-state index is 0.320. The SMILES string of the molecule is Cc1cc(OC2CCC(C)CC2)cnc1C#N. The molecule has 1 aromatic rings. The number of nitriles is 1. The largest absolute Gasteiger partial charge is 0.489 e. The van der Waals surface area contributed by atoms with Crippen LogP contribution in [0, 0.1) is 24.2 Å². The van der Waals surface area contributed by atoms with Crippen LogP contribution in [0.5, 0.6) is 5.75 Å². The molecule has 0 spiro atoms. The average molecular weight is 230 g/mol. The summed E-state index contributed by atoms with van der Waals surface area (Å²) in [6.45, 7) is 4.19. The average Bonchev–Trinajstić information content (AvgIpc) is 2.32. The second-order valence-electron chi connectivity index (χ2n) is 4.95. The number of hydrogen-bond acceptors (Lipinski definition) is 3. The van der Waals surface area contributed by atoms with Gasteiger partial charge in [-0.05, 0) is 50.2 Å². The molecule has 1 aliphatic rings. The molecule has 1 heterocycles. The molecule has 2 rings (SSSR count). The number of nitrogens with zero attached hydrogens (tertiary/aromatic N) is 2. The summed E-state index contributed by atoms with van der Waals surface area (Å²) >= 11 is 0. The van der Waals surface area contributed by atoms with Crippen molar-refractivity contribution in [1.29, 1.82) is 5.26 Å². The predicted octanol–water partition coefficient (Wildman–Crippen LogP) is 3.22. The van der Waals surface area contributed by atoms with Crippen molar-refractivity contribution < 1.29 is 4.74 Å². The number of aryl methyl sites for hydroxylation is 1. The van der Waals surface area contributed by atoms with Crippen molar-refractivity contribution in [2.24, 2.45) is 5.92 Å². The van der Waals surface area contributed by atoms with Crippen molar-refractivity contribution in [3.63, 3.8) is 0 Å². The van der Waals surface area contributed by atoms with Crippen molar-refractivity contribution in [2.75, 3.05) is 0 Å². The van der Waals surface area contributed by atoms with Crippen LogP contribution in [0.1, 0.15) is 43.9 Å². The summed E-state index contributed by atoms with van der Waals surface area (Å²) in [6, 6.07) is 3.97.